The highest BCUT2D eigenvalue weighted by Crippen LogP contribution is 2.27. The maximum atomic E-state index is 12.8. The summed E-state index contributed by atoms with van der Waals surface area (Å²) >= 11 is 5.02. The number of rotatable bonds is 6. The Morgan fingerprint density at radius 2 is 1.93 bits per heavy atom. The molecule has 6 nitrogen and oxygen atoms in total. The fourth-order valence-corrected chi connectivity index (χ4v) is 2.89. The molecule has 7 heteroatoms. The van der Waals surface area contributed by atoms with Gasteiger partial charge in [-0.3, -0.25) is 15.6 Å². The Morgan fingerprint density at radius 1 is 1.10 bits per heavy atom. The summed E-state index contributed by atoms with van der Waals surface area (Å²) in [4.78, 5) is 17.5. The molecular weight excluding hydrogens is 384 g/mol. The Morgan fingerprint density at radius 3 is 2.72 bits per heavy atom. The Balaban J connectivity index is 1.96. The zero-order valence-corrected chi connectivity index (χ0v) is 17.3. The molecule has 29 heavy (non-hydrogen) atoms. The van der Waals surface area contributed by atoms with Crippen molar-refractivity contribution in [1.82, 2.24) is 21.2 Å². The number of amides is 1. The highest BCUT2D eigenvalue weighted by atomic mass is 32.1. The van der Waals surface area contributed by atoms with Gasteiger partial charge in [0, 0.05) is 18.0 Å². The van der Waals surface area contributed by atoms with Crippen LogP contribution in [0.2, 0.25) is 0 Å². The summed E-state index contributed by atoms with van der Waals surface area (Å²) in [6, 6.07) is 17.1. The molecule has 0 atom stereocenters. The van der Waals surface area contributed by atoms with Gasteiger partial charge in [-0.15, -0.1) is 0 Å². The van der Waals surface area contributed by atoms with Crippen molar-refractivity contribution in [2.45, 2.75) is 19.8 Å². The third kappa shape index (κ3) is 5.20. The van der Waals surface area contributed by atoms with E-state index >= 15 is 0 Å². The zero-order chi connectivity index (χ0) is 20.6. The van der Waals surface area contributed by atoms with Gasteiger partial charge in [-0.1, -0.05) is 43.7 Å². The maximum absolute atomic E-state index is 12.8. The number of fused-ring (bicyclic) bond motifs is 1. The van der Waals surface area contributed by atoms with E-state index in [1.807, 2.05) is 48.5 Å². The minimum Gasteiger partial charge on any atom is -0.494 e. The quantitative estimate of drug-likeness (QED) is 0.327. The van der Waals surface area contributed by atoms with E-state index in [9.17, 15) is 4.79 Å². The molecular formula is C22H24N4O2S. The van der Waals surface area contributed by atoms with Gasteiger partial charge in [0.15, 0.2) is 5.11 Å². The number of aromatic nitrogens is 1. The lowest BCUT2D eigenvalue weighted by molar-refractivity contribution is 0.0945. The second-order valence-corrected chi connectivity index (χ2v) is 6.87. The fraction of sp³-hybridized carbons (Fsp3) is 0.227. The number of pyridine rings is 1. The normalized spacial score (nSPS) is 10.4. The number of nitrogens with one attached hydrogen (secondary N) is 3. The molecule has 0 aliphatic carbocycles. The summed E-state index contributed by atoms with van der Waals surface area (Å²) in [7, 11) is 1.68. The number of ether oxygens (including phenoxy) is 1. The van der Waals surface area contributed by atoms with Crippen LogP contribution in [-0.2, 0) is 0 Å². The molecule has 2 aromatic carbocycles. The predicted molar refractivity (Wildman–Crippen MR) is 120 cm³/mol. The summed E-state index contributed by atoms with van der Waals surface area (Å²) in [6.45, 7) is 2.80. The lowest BCUT2D eigenvalue weighted by Gasteiger charge is -2.13. The van der Waals surface area contributed by atoms with Gasteiger partial charge < -0.3 is 10.1 Å². The van der Waals surface area contributed by atoms with Crippen LogP contribution < -0.4 is 20.9 Å². The third-order valence-corrected chi connectivity index (χ3v) is 4.68. The van der Waals surface area contributed by atoms with Crippen molar-refractivity contribution in [3.05, 3.63) is 60.2 Å². The van der Waals surface area contributed by atoms with Crippen molar-refractivity contribution >= 4 is 34.1 Å². The molecule has 0 saturated heterocycles. The Bertz CT molecular complexity index is 1020. The molecule has 1 aromatic heterocycles. The van der Waals surface area contributed by atoms with Crippen molar-refractivity contribution in [3.8, 4) is 17.0 Å². The van der Waals surface area contributed by atoms with Crippen LogP contribution in [0.1, 0.15) is 30.1 Å². The van der Waals surface area contributed by atoms with Crippen molar-refractivity contribution in [3.63, 3.8) is 0 Å². The van der Waals surface area contributed by atoms with Crippen LogP contribution in [0.25, 0.3) is 22.2 Å². The number of hydrogen-bond donors (Lipinski definition) is 3. The molecule has 3 aromatic rings. The number of para-hydroxylation sites is 1. The first-order chi connectivity index (χ1) is 14.1. The van der Waals surface area contributed by atoms with Crippen molar-refractivity contribution < 1.29 is 9.53 Å². The second-order valence-electron chi connectivity index (χ2n) is 6.46. The molecule has 1 heterocycles. The molecule has 0 aliphatic rings. The van der Waals surface area contributed by atoms with E-state index in [0.717, 1.165) is 35.1 Å². The average Bonchev–Trinajstić information content (AvgIpc) is 2.76. The Kier molecular flexibility index (Phi) is 6.97. The minimum atomic E-state index is -0.294. The molecule has 0 aliphatic heterocycles. The summed E-state index contributed by atoms with van der Waals surface area (Å²) in [6.07, 6.45) is 2.08. The summed E-state index contributed by atoms with van der Waals surface area (Å²) in [5, 5.41) is 3.85. The number of benzene rings is 2. The minimum absolute atomic E-state index is 0.294. The highest BCUT2D eigenvalue weighted by Gasteiger charge is 2.14. The van der Waals surface area contributed by atoms with Gasteiger partial charge in [0.2, 0.25) is 0 Å². The fourth-order valence-electron chi connectivity index (χ4n) is 2.83. The second kappa shape index (κ2) is 9.84. The van der Waals surface area contributed by atoms with Crippen LogP contribution in [0, 0.1) is 0 Å². The van der Waals surface area contributed by atoms with Crippen LogP contribution in [0.3, 0.4) is 0 Å². The van der Waals surface area contributed by atoms with E-state index in [0.29, 0.717) is 23.0 Å². The zero-order valence-electron chi connectivity index (χ0n) is 16.5. The first-order valence-corrected chi connectivity index (χ1v) is 9.94. The SMILES string of the molecule is CCCCOc1cccc(-c2cc(C(=O)NNC(=S)NC)c3ccccc3n2)c1. The first-order valence-electron chi connectivity index (χ1n) is 9.53. The number of carbonyl (C=O) groups excluding carboxylic acids is 1. The number of carbonyl (C=O) groups is 1. The van der Waals surface area contributed by atoms with Crippen molar-refractivity contribution in [2.24, 2.45) is 0 Å². The largest absolute Gasteiger partial charge is 0.494 e. The maximum Gasteiger partial charge on any atom is 0.270 e. The van der Waals surface area contributed by atoms with Crippen LogP contribution in [0.4, 0.5) is 0 Å². The van der Waals surface area contributed by atoms with Crippen molar-refractivity contribution in [1.29, 1.82) is 0 Å². The lowest BCUT2D eigenvalue weighted by atomic mass is 10.0. The van der Waals surface area contributed by atoms with Gasteiger partial charge in [0.1, 0.15) is 5.75 Å². The van der Waals surface area contributed by atoms with Crippen LogP contribution in [-0.4, -0.2) is 29.7 Å². The molecule has 0 radical (unpaired) electrons. The summed E-state index contributed by atoms with van der Waals surface area (Å²) < 4.78 is 5.81. The van der Waals surface area contributed by atoms with Gasteiger partial charge in [-0.2, -0.15) is 0 Å². The van der Waals surface area contributed by atoms with Crippen LogP contribution >= 0.6 is 12.2 Å². The number of hydrazine groups is 1. The van der Waals surface area contributed by atoms with Gasteiger partial charge in [0.25, 0.3) is 5.91 Å². The standard InChI is InChI=1S/C22H24N4O2S/c1-3-4-12-28-16-9-7-8-15(13-16)20-14-18(21(27)25-26-22(29)23-2)17-10-5-6-11-19(17)24-20/h5-11,13-14H,3-4,12H2,1-2H3,(H,25,27)(H2,23,26,29). The molecule has 0 spiro atoms. The van der Waals surface area contributed by atoms with Gasteiger partial charge in [-0.25, -0.2) is 4.98 Å². The van der Waals surface area contributed by atoms with Gasteiger partial charge in [0.05, 0.1) is 23.4 Å². The first kappa shape index (κ1) is 20.5. The summed E-state index contributed by atoms with van der Waals surface area (Å²) in [5.41, 5.74) is 8.13. The van der Waals surface area contributed by atoms with E-state index in [1.165, 1.54) is 0 Å². The van der Waals surface area contributed by atoms with Crippen LogP contribution in [0.5, 0.6) is 5.75 Å². The monoisotopic (exact) mass is 408 g/mol. The molecule has 0 fully saturated rings. The molecule has 3 N–H and O–H groups in total. The third-order valence-electron chi connectivity index (χ3n) is 4.37. The van der Waals surface area contributed by atoms with E-state index in [1.54, 1.807) is 13.1 Å². The van der Waals surface area contributed by atoms with E-state index in [-0.39, 0.29) is 5.91 Å². The average molecular weight is 409 g/mol. The highest BCUT2D eigenvalue weighted by molar-refractivity contribution is 7.80. The summed E-state index contributed by atoms with van der Waals surface area (Å²) in [5.74, 6) is 0.496. The Labute approximate surface area is 175 Å². The molecule has 150 valence electrons. The number of nitrogens with zero attached hydrogens (tertiary/aromatic N) is 1. The van der Waals surface area contributed by atoms with Gasteiger partial charge >= 0.3 is 0 Å². The lowest BCUT2D eigenvalue weighted by Crippen LogP contribution is -2.45. The number of hydrogen-bond acceptors (Lipinski definition) is 4. The number of unbranched alkanes of at least 4 members (excludes halogenated alkanes) is 1. The topological polar surface area (TPSA) is 75.3 Å². The Hall–Kier alpha value is -3.19. The predicted octanol–water partition coefficient (Wildman–Crippen LogP) is 3.82. The van der Waals surface area contributed by atoms with Gasteiger partial charge in [-0.05, 0) is 42.9 Å². The number of thiocarbonyl (C=S) groups is 1. The van der Waals surface area contributed by atoms with Crippen molar-refractivity contribution in [2.75, 3.05) is 13.7 Å². The molecule has 3 rings (SSSR count). The molecule has 1 amide bonds. The van der Waals surface area contributed by atoms with Crippen LogP contribution in [0.15, 0.2) is 54.6 Å². The molecule has 0 unspecified atom stereocenters. The smallest absolute Gasteiger partial charge is 0.270 e. The molecule has 0 bridgehead atoms. The van der Waals surface area contributed by atoms with E-state index in [4.69, 9.17) is 21.9 Å². The molecule has 0 saturated carbocycles. The van der Waals surface area contributed by atoms with E-state index in [2.05, 4.69) is 23.1 Å². The van der Waals surface area contributed by atoms with E-state index < -0.39 is 0 Å².